The van der Waals surface area contributed by atoms with Crippen LogP contribution in [0.2, 0.25) is 10.0 Å². The zero-order chi connectivity index (χ0) is 45.1. The van der Waals surface area contributed by atoms with Gasteiger partial charge in [-0.15, -0.1) is 0 Å². The highest BCUT2D eigenvalue weighted by Gasteiger charge is 2.27. The molecule has 0 saturated heterocycles. The van der Waals surface area contributed by atoms with Crippen LogP contribution in [0.4, 0.5) is 0 Å². The van der Waals surface area contributed by atoms with Crippen LogP contribution < -0.4 is 4.74 Å². The maximum absolute atomic E-state index is 13.4. The topological polar surface area (TPSA) is 174 Å². The molecule has 0 spiro atoms. The van der Waals surface area contributed by atoms with E-state index in [1.807, 2.05) is 66.7 Å². The molecule has 0 aliphatic rings. The van der Waals surface area contributed by atoms with Crippen LogP contribution in [0.3, 0.4) is 0 Å². The third kappa shape index (κ3) is 9.74. The number of rotatable bonds is 11. The molecule has 322 valence electrons. The summed E-state index contributed by atoms with van der Waals surface area (Å²) in [5.41, 5.74) is 5.12. The van der Waals surface area contributed by atoms with Crippen LogP contribution in [-0.4, -0.2) is 58.4 Å². The highest BCUT2D eigenvalue weighted by Crippen LogP contribution is 2.40. The molecule has 2 aromatic heterocycles. The number of halogens is 2. The zero-order valence-corrected chi connectivity index (χ0v) is 37.2. The first-order valence-electron chi connectivity index (χ1n) is 19.1. The van der Waals surface area contributed by atoms with Gasteiger partial charge in [-0.2, -0.15) is 0 Å². The number of imidazole rings is 2. The lowest BCUT2D eigenvalue weighted by Gasteiger charge is -2.14. The molecule has 8 rings (SSSR count). The van der Waals surface area contributed by atoms with Crippen molar-refractivity contribution < 1.29 is 36.9 Å². The summed E-state index contributed by atoms with van der Waals surface area (Å²) in [4.78, 5) is 7.88. The summed E-state index contributed by atoms with van der Waals surface area (Å²) in [6, 6.07) is 35.0. The molecule has 0 radical (unpaired) electrons. The third-order valence-electron chi connectivity index (χ3n) is 10.2. The van der Waals surface area contributed by atoms with Crippen LogP contribution in [0.1, 0.15) is 11.1 Å². The Balaban J connectivity index is 0.000000189. The van der Waals surface area contributed by atoms with Crippen LogP contribution >= 0.6 is 23.2 Å². The second-order valence-corrected chi connectivity index (χ2v) is 19.2. The van der Waals surface area contributed by atoms with Crippen molar-refractivity contribution in [3.05, 3.63) is 167 Å². The number of sulfone groups is 2. The van der Waals surface area contributed by atoms with Gasteiger partial charge in [0.1, 0.15) is 32.9 Å². The summed E-state index contributed by atoms with van der Waals surface area (Å²) < 4.78 is 62.1. The van der Waals surface area contributed by atoms with Gasteiger partial charge in [0.05, 0.1) is 28.7 Å². The van der Waals surface area contributed by atoms with Gasteiger partial charge in [-0.25, -0.2) is 26.8 Å². The Kier molecular flexibility index (Phi) is 13.0. The fraction of sp³-hybridized carbons (Fsp3) is 0.106. The molecule has 0 aliphatic carbocycles. The lowest BCUT2D eigenvalue weighted by molar-refractivity contribution is 0.411. The maximum atomic E-state index is 13.4. The number of aromatic hydroxyl groups is 3. The average Bonchev–Trinajstić information content (AvgIpc) is 3.91. The molecule has 3 N–H and O–H groups in total. The van der Waals surface area contributed by atoms with Gasteiger partial charge in [0.15, 0.2) is 31.2 Å². The van der Waals surface area contributed by atoms with Crippen LogP contribution in [0.5, 0.6) is 23.0 Å². The first-order valence-corrected chi connectivity index (χ1v) is 23.2. The van der Waals surface area contributed by atoms with Crippen LogP contribution in [0, 0.1) is 0 Å². The highest BCUT2D eigenvalue weighted by atomic mass is 35.5. The molecule has 8 aromatic rings. The molecule has 0 fully saturated rings. The summed E-state index contributed by atoms with van der Waals surface area (Å²) in [7, 11) is -2.97. The van der Waals surface area contributed by atoms with Gasteiger partial charge >= 0.3 is 0 Å². The van der Waals surface area contributed by atoms with Crippen molar-refractivity contribution in [2.24, 2.45) is 14.1 Å². The van der Waals surface area contributed by atoms with Crippen molar-refractivity contribution in [3.8, 4) is 68.0 Å². The number of methoxy groups -OCH3 is 1. The minimum absolute atomic E-state index is 0.0610. The molecule has 0 aliphatic heterocycles. The van der Waals surface area contributed by atoms with Gasteiger partial charge < -0.3 is 29.2 Å². The number of aryl methyl sites for hydroxylation is 2. The van der Waals surface area contributed by atoms with Crippen molar-refractivity contribution in [3.63, 3.8) is 0 Å². The largest absolute Gasteiger partial charge is 0.508 e. The average molecular weight is 924 g/mol. The quantitative estimate of drug-likeness (QED) is 0.113. The molecule has 0 bridgehead atoms. The second-order valence-electron chi connectivity index (χ2n) is 14.5. The lowest BCUT2D eigenvalue weighted by Crippen LogP contribution is -2.08. The summed E-state index contributed by atoms with van der Waals surface area (Å²) >= 11 is 12.3. The van der Waals surface area contributed by atoms with E-state index in [0.29, 0.717) is 34.1 Å². The van der Waals surface area contributed by atoms with Crippen molar-refractivity contribution in [2.45, 2.75) is 21.3 Å². The van der Waals surface area contributed by atoms with Gasteiger partial charge in [0, 0.05) is 61.1 Å². The molecule has 6 aromatic carbocycles. The molecule has 0 saturated carbocycles. The summed E-state index contributed by atoms with van der Waals surface area (Å²) in [5.74, 6) is -0.549. The van der Waals surface area contributed by atoms with E-state index < -0.39 is 36.9 Å². The minimum Gasteiger partial charge on any atom is -0.508 e. The first-order chi connectivity index (χ1) is 30.1. The Hall–Kier alpha value is -6.58. The van der Waals surface area contributed by atoms with E-state index in [1.165, 1.54) is 37.4 Å². The van der Waals surface area contributed by atoms with Crippen LogP contribution in [0.15, 0.2) is 156 Å². The summed E-state index contributed by atoms with van der Waals surface area (Å²) in [6.45, 7) is 0. The Morgan fingerprint density at radius 2 is 0.968 bits per heavy atom. The molecular weight excluding hydrogens is 884 g/mol. The number of hydrogen-bond donors (Lipinski definition) is 3. The molecular formula is C47H40Cl2N4O8S2. The van der Waals surface area contributed by atoms with Gasteiger partial charge in [0.25, 0.3) is 0 Å². The number of ether oxygens (including phenoxy) is 1. The first kappa shape index (κ1) is 44.5. The SMILES string of the molecule is COc1ccc(-c2ccccc2)cc1CS(=O)(=O)c1cc(-c2nccn2C)cc(Cl)c1O.Cn1ccnc1-c1cc(Cl)c(O)c(S(=O)(=O)Cc2cc(-c3ccccc3)ccc2O)c1. The van der Waals surface area contributed by atoms with E-state index >= 15 is 0 Å². The highest BCUT2D eigenvalue weighted by molar-refractivity contribution is 7.91. The number of phenols is 3. The fourth-order valence-corrected chi connectivity index (χ4v) is 10.5. The number of aromatic nitrogens is 4. The van der Waals surface area contributed by atoms with Crippen molar-refractivity contribution >= 4 is 42.9 Å². The van der Waals surface area contributed by atoms with Gasteiger partial charge in [-0.1, -0.05) is 96.0 Å². The molecule has 16 heteroatoms. The lowest BCUT2D eigenvalue weighted by atomic mass is 10.0. The Bertz CT molecular complexity index is 3180. The van der Waals surface area contributed by atoms with E-state index in [0.717, 1.165) is 22.3 Å². The van der Waals surface area contributed by atoms with Gasteiger partial charge in [-0.05, 0) is 70.8 Å². The molecule has 12 nitrogen and oxygen atoms in total. The van der Waals surface area contributed by atoms with Crippen LogP contribution in [-0.2, 0) is 45.3 Å². The van der Waals surface area contributed by atoms with Crippen LogP contribution in [0.25, 0.3) is 45.0 Å². The standard InChI is InChI=1S/C24H21ClN2O4S.C23H19ClN2O4S/c1-27-11-10-26-24(27)18-13-20(25)23(28)22(14-18)32(29,30)15-19-12-17(8-9-21(19)31-2)16-6-4-3-5-7-16;1-26-10-9-25-23(26)17-12-19(24)22(28)21(13-17)31(29,30)14-18-11-16(7-8-20(18)27)15-5-3-2-4-6-15/h3-14,28H,15H2,1-2H3;2-13,27-28H,14H2,1H3. The minimum atomic E-state index is -4.05. The maximum Gasteiger partial charge on any atom is 0.186 e. The Morgan fingerprint density at radius 3 is 1.40 bits per heavy atom. The summed E-state index contributed by atoms with van der Waals surface area (Å²) in [6.07, 6.45) is 6.64. The number of benzene rings is 6. The predicted molar refractivity (Wildman–Crippen MR) is 244 cm³/mol. The van der Waals surface area contributed by atoms with Crippen molar-refractivity contribution in [1.29, 1.82) is 0 Å². The fourth-order valence-electron chi connectivity index (χ4n) is 6.95. The van der Waals surface area contributed by atoms with E-state index in [4.69, 9.17) is 27.9 Å². The normalized spacial score (nSPS) is 11.5. The van der Waals surface area contributed by atoms with Crippen molar-refractivity contribution in [2.75, 3.05) is 7.11 Å². The molecule has 0 amide bonds. The van der Waals surface area contributed by atoms with E-state index in [9.17, 15) is 32.2 Å². The Morgan fingerprint density at radius 1 is 0.540 bits per heavy atom. The molecule has 0 atom stereocenters. The Labute approximate surface area is 374 Å². The molecule has 2 heterocycles. The van der Waals surface area contributed by atoms with E-state index in [2.05, 4.69) is 9.97 Å². The van der Waals surface area contributed by atoms with E-state index in [1.54, 1.807) is 72.3 Å². The second kappa shape index (κ2) is 18.4. The molecule has 0 unspecified atom stereocenters. The summed E-state index contributed by atoms with van der Waals surface area (Å²) in [5, 5.41) is 31.0. The number of phenolic OH excluding ortho intramolecular Hbond substituents is 3. The van der Waals surface area contributed by atoms with Crippen molar-refractivity contribution in [1.82, 2.24) is 19.1 Å². The number of nitrogens with zero attached hydrogens (tertiary/aromatic N) is 4. The number of hydrogen-bond acceptors (Lipinski definition) is 10. The monoisotopic (exact) mass is 922 g/mol. The molecule has 63 heavy (non-hydrogen) atoms. The smallest absolute Gasteiger partial charge is 0.186 e. The van der Waals surface area contributed by atoms with Gasteiger partial charge in [0.2, 0.25) is 0 Å². The van der Waals surface area contributed by atoms with E-state index in [-0.39, 0.29) is 36.9 Å². The third-order valence-corrected chi connectivity index (χ3v) is 14.1. The van der Waals surface area contributed by atoms with Gasteiger partial charge in [-0.3, -0.25) is 0 Å². The zero-order valence-electron chi connectivity index (χ0n) is 34.0. The predicted octanol–water partition coefficient (Wildman–Crippen LogP) is 9.89.